The van der Waals surface area contributed by atoms with E-state index in [-0.39, 0.29) is 11.3 Å². The summed E-state index contributed by atoms with van der Waals surface area (Å²) in [6.45, 7) is 2.07. The molecule has 1 fully saturated rings. The molecule has 35 heavy (non-hydrogen) atoms. The number of benzene rings is 3. The summed E-state index contributed by atoms with van der Waals surface area (Å²) in [5.74, 6) is -1.23. The van der Waals surface area contributed by atoms with Gasteiger partial charge in [0, 0.05) is 10.6 Å². The van der Waals surface area contributed by atoms with Gasteiger partial charge in [-0.1, -0.05) is 48.1 Å². The van der Waals surface area contributed by atoms with Gasteiger partial charge < -0.3 is 9.84 Å². The number of aromatic nitrogens is 1. The number of fused-ring (bicyclic) bond motifs is 1. The predicted molar refractivity (Wildman–Crippen MR) is 138 cm³/mol. The fraction of sp³-hybridized carbons (Fsp3) is 0.148. The van der Waals surface area contributed by atoms with E-state index in [4.69, 9.17) is 16.3 Å². The Bertz CT molecular complexity index is 1490. The molecule has 5 rings (SSSR count). The second-order valence-electron chi connectivity index (χ2n) is 8.10. The average Bonchev–Trinajstić information content (AvgIpc) is 3.41. The van der Waals surface area contributed by atoms with Crippen LogP contribution in [0.15, 0.2) is 72.3 Å². The minimum atomic E-state index is -0.882. The molecular weight excluding hydrogens is 484 g/mol. The summed E-state index contributed by atoms with van der Waals surface area (Å²) in [4.78, 5) is 32.8. The molecule has 1 saturated heterocycles. The number of rotatable bonds is 5. The number of anilines is 1. The van der Waals surface area contributed by atoms with Gasteiger partial charge in [-0.2, -0.15) is 0 Å². The zero-order valence-corrected chi connectivity index (χ0v) is 20.6. The highest BCUT2D eigenvalue weighted by Crippen LogP contribution is 2.45. The van der Waals surface area contributed by atoms with Crippen molar-refractivity contribution in [2.24, 2.45) is 0 Å². The van der Waals surface area contributed by atoms with Crippen LogP contribution < -0.4 is 9.64 Å². The molecule has 176 valence electrons. The highest BCUT2D eigenvalue weighted by molar-refractivity contribution is 7.22. The number of halogens is 1. The van der Waals surface area contributed by atoms with E-state index in [1.807, 2.05) is 18.2 Å². The number of amides is 1. The van der Waals surface area contributed by atoms with Crippen LogP contribution in [0.2, 0.25) is 5.02 Å². The number of aryl methyl sites for hydroxylation is 1. The molecule has 0 aliphatic carbocycles. The number of ether oxygens (including phenoxy) is 1. The van der Waals surface area contributed by atoms with Crippen LogP contribution in [0.5, 0.6) is 5.75 Å². The molecule has 8 heteroatoms. The number of aliphatic hydroxyl groups excluding tert-OH is 1. The Morgan fingerprint density at radius 1 is 1.11 bits per heavy atom. The van der Waals surface area contributed by atoms with Crippen molar-refractivity contribution in [3.8, 4) is 5.75 Å². The van der Waals surface area contributed by atoms with Crippen LogP contribution >= 0.6 is 22.9 Å². The van der Waals surface area contributed by atoms with Crippen LogP contribution in [0.25, 0.3) is 16.0 Å². The third-order valence-corrected chi connectivity index (χ3v) is 7.30. The number of hydrogen-bond donors (Lipinski definition) is 1. The van der Waals surface area contributed by atoms with Crippen molar-refractivity contribution >= 4 is 55.7 Å². The first-order valence-electron chi connectivity index (χ1n) is 11.0. The maximum atomic E-state index is 13.4. The Labute approximate surface area is 211 Å². The summed E-state index contributed by atoms with van der Waals surface area (Å²) in [6.07, 6.45) is 0.874. The minimum absolute atomic E-state index is 0.0147. The van der Waals surface area contributed by atoms with Gasteiger partial charge in [-0.3, -0.25) is 14.5 Å². The van der Waals surface area contributed by atoms with Crippen molar-refractivity contribution in [3.05, 3.63) is 94.0 Å². The molecular formula is C27H21ClN2O4S. The Balaban J connectivity index is 1.72. The van der Waals surface area contributed by atoms with E-state index in [2.05, 4.69) is 11.9 Å². The van der Waals surface area contributed by atoms with Gasteiger partial charge in [0.1, 0.15) is 11.5 Å². The van der Waals surface area contributed by atoms with Crippen molar-refractivity contribution in [1.29, 1.82) is 0 Å². The van der Waals surface area contributed by atoms with E-state index in [1.165, 1.54) is 16.2 Å². The first kappa shape index (κ1) is 23.1. The lowest BCUT2D eigenvalue weighted by Crippen LogP contribution is -2.29. The molecule has 1 amide bonds. The van der Waals surface area contributed by atoms with Crippen LogP contribution in [0.3, 0.4) is 0 Å². The van der Waals surface area contributed by atoms with Gasteiger partial charge in [0.25, 0.3) is 5.78 Å². The molecule has 0 radical (unpaired) electrons. The lowest BCUT2D eigenvalue weighted by atomic mass is 9.95. The predicted octanol–water partition coefficient (Wildman–Crippen LogP) is 6.15. The monoisotopic (exact) mass is 504 g/mol. The maximum Gasteiger partial charge on any atom is 0.301 e. The zero-order chi connectivity index (χ0) is 24.7. The van der Waals surface area contributed by atoms with Gasteiger partial charge in [0.15, 0.2) is 5.13 Å². The topological polar surface area (TPSA) is 79.7 Å². The van der Waals surface area contributed by atoms with E-state index >= 15 is 0 Å². The molecule has 0 spiro atoms. The van der Waals surface area contributed by atoms with Crippen molar-refractivity contribution in [3.63, 3.8) is 0 Å². The van der Waals surface area contributed by atoms with Gasteiger partial charge in [-0.25, -0.2) is 4.98 Å². The molecule has 6 nitrogen and oxygen atoms in total. The summed E-state index contributed by atoms with van der Waals surface area (Å²) in [5, 5.41) is 12.1. The van der Waals surface area contributed by atoms with Crippen LogP contribution in [0, 0.1) is 0 Å². The molecule has 1 N–H and O–H groups in total. The first-order chi connectivity index (χ1) is 16.9. The van der Waals surface area contributed by atoms with Crippen LogP contribution in [0.1, 0.15) is 29.7 Å². The number of nitrogens with zero attached hydrogens (tertiary/aromatic N) is 2. The standard InChI is InChI=1S/C27H21ClN2O4S/c1-3-15-7-12-20-21(13-15)35-27(29-20)30-23(17-5-4-6-19(14-17)34-2)22(25(32)26(30)33)24(31)16-8-10-18(28)11-9-16/h4-14,23,31H,3H2,1-2H3/t23-/m1/s1. The van der Waals surface area contributed by atoms with Gasteiger partial charge in [0.05, 0.1) is 28.9 Å². The number of aliphatic hydroxyl groups is 1. The lowest BCUT2D eigenvalue weighted by molar-refractivity contribution is -0.132. The van der Waals surface area contributed by atoms with E-state index < -0.39 is 17.7 Å². The number of methoxy groups -OCH3 is 1. The number of carbonyl (C=O) groups is 2. The maximum absolute atomic E-state index is 13.4. The van der Waals surface area contributed by atoms with Crippen molar-refractivity contribution in [2.75, 3.05) is 12.0 Å². The van der Waals surface area contributed by atoms with Crippen molar-refractivity contribution < 1.29 is 19.4 Å². The molecule has 3 aromatic carbocycles. The highest BCUT2D eigenvalue weighted by Gasteiger charge is 2.48. The fourth-order valence-corrected chi connectivity index (χ4v) is 5.38. The van der Waals surface area contributed by atoms with Crippen molar-refractivity contribution in [1.82, 2.24) is 4.98 Å². The Hall–Kier alpha value is -3.68. The fourth-order valence-electron chi connectivity index (χ4n) is 4.20. The van der Waals surface area contributed by atoms with E-state index in [9.17, 15) is 14.7 Å². The SMILES string of the molecule is CCc1ccc2nc(N3C(=O)C(=O)C(=C(O)c4ccc(Cl)cc4)[C@H]3c3cccc(OC)c3)sc2c1. The third kappa shape index (κ3) is 4.07. The second-order valence-corrected chi connectivity index (χ2v) is 9.55. The molecule has 1 atom stereocenters. The zero-order valence-electron chi connectivity index (χ0n) is 19.0. The number of thiazole rings is 1. The summed E-state index contributed by atoms with van der Waals surface area (Å²) < 4.78 is 6.30. The summed E-state index contributed by atoms with van der Waals surface area (Å²) >= 11 is 7.34. The molecule has 1 aliphatic heterocycles. The summed E-state index contributed by atoms with van der Waals surface area (Å²) in [7, 11) is 1.54. The first-order valence-corrected chi connectivity index (χ1v) is 12.2. The Morgan fingerprint density at radius 2 is 1.89 bits per heavy atom. The summed E-state index contributed by atoms with van der Waals surface area (Å²) in [5.41, 5.74) is 2.89. The number of hydrogen-bond acceptors (Lipinski definition) is 6. The van der Waals surface area contributed by atoms with Gasteiger partial charge >= 0.3 is 5.91 Å². The molecule has 0 bridgehead atoms. The molecule has 0 unspecified atom stereocenters. The van der Waals surface area contributed by atoms with Crippen molar-refractivity contribution in [2.45, 2.75) is 19.4 Å². The number of carbonyl (C=O) groups excluding carboxylic acids is 2. The van der Waals surface area contributed by atoms with Crippen LogP contribution in [-0.2, 0) is 16.0 Å². The van der Waals surface area contributed by atoms with E-state index in [0.717, 1.165) is 22.2 Å². The normalized spacial score (nSPS) is 17.3. The number of Topliss-reactive ketones (excluding diaryl/α,β-unsaturated/α-hetero) is 1. The highest BCUT2D eigenvalue weighted by atomic mass is 35.5. The third-order valence-electron chi connectivity index (χ3n) is 6.03. The van der Waals surface area contributed by atoms with Crippen LogP contribution in [0.4, 0.5) is 5.13 Å². The minimum Gasteiger partial charge on any atom is -0.507 e. The second kappa shape index (κ2) is 9.17. The van der Waals surface area contributed by atoms with Gasteiger partial charge in [-0.15, -0.1) is 0 Å². The quantitative estimate of drug-likeness (QED) is 0.200. The molecule has 2 heterocycles. The lowest BCUT2D eigenvalue weighted by Gasteiger charge is -2.23. The smallest absolute Gasteiger partial charge is 0.301 e. The Kier molecular flexibility index (Phi) is 6.05. The molecule has 1 aromatic heterocycles. The molecule has 4 aromatic rings. The number of ketones is 1. The van der Waals surface area contributed by atoms with Gasteiger partial charge in [0.2, 0.25) is 0 Å². The van der Waals surface area contributed by atoms with Gasteiger partial charge in [-0.05, 0) is 66.1 Å². The largest absolute Gasteiger partial charge is 0.507 e. The Morgan fingerprint density at radius 3 is 2.60 bits per heavy atom. The van der Waals surface area contributed by atoms with E-state index in [1.54, 1.807) is 55.6 Å². The molecule has 1 aliphatic rings. The van der Waals surface area contributed by atoms with E-state index in [0.29, 0.717) is 27.0 Å². The average molecular weight is 505 g/mol. The van der Waals surface area contributed by atoms with Crippen LogP contribution in [-0.4, -0.2) is 28.9 Å². The summed E-state index contributed by atoms with van der Waals surface area (Å²) in [6, 6.07) is 18.6. The molecule has 0 saturated carbocycles.